The second kappa shape index (κ2) is 4.59. The van der Waals surface area contributed by atoms with E-state index < -0.39 is 5.97 Å². The number of hydrogen-bond acceptors (Lipinski definition) is 2. The fraction of sp³-hybridized carbons (Fsp3) is 0. The molecule has 2 aromatic carbocycles. The van der Waals surface area contributed by atoms with Crippen LogP contribution in [0.5, 0.6) is 5.75 Å². The Kier molecular flexibility index (Phi) is 3.15. The van der Waals surface area contributed by atoms with E-state index in [0.29, 0.717) is 4.47 Å². The molecular formula is C13H8BrO3-. The van der Waals surface area contributed by atoms with Crippen LogP contribution in [0.4, 0.5) is 0 Å². The summed E-state index contributed by atoms with van der Waals surface area (Å²) < 4.78 is 0.498. The van der Waals surface area contributed by atoms with Crippen molar-refractivity contribution < 1.29 is 15.0 Å². The van der Waals surface area contributed by atoms with Crippen LogP contribution in [0.1, 0.15) is 10.4 Å². The van der Waals surface area contributed by atoms with Crippen LogP contribution < -0.4 is 5.11 Å². The molecule has 0 fully saturated rings. The van der Waals surface area contributed by atoms with Gasteiger partial charge in [-0.3, -0.25) is 0 Å². The second-order valence-electron chi connectivity index (χ2n) is 3.53. The summed E-state index contributed by atoms with van der Waals surface area (Å²) in [7, 11) is 0. The fourth-order valence-electron chi connectivity index (χ4n) is 1.49. The van der Waals surface area contributed by atoms with Crippen molar-refractivity contribution in [2.75, 3.05) is 0 Å². The largest absolute Gasteiger partial charge is 0.872 e. The normalized spacial score (nSPS) is 10.2. The highest BCUT2D eigenvalue weighted by Crippen LogP contribution is 2.28. The highest BCUT2D eigenvalue weighted by Gasteiger charge is 2.03. The van der Waals surface area contributed by atoms with Gasteiger partial charge in [-0.25, -0.2) is 4.79 Å². The highest BCUT2D eigenvalue weighted by atomic mass is 79.9. The Bertz CT molecular complexity index is 561. The predicted molar refractivity (Wildman–Crippen MR) is 66.0 cm³/mol. The first-order valence-corrected chi connectivity index (χ1v) is 5.67. The summed E-state index contributed by atoms with van der Waals surface area (Å²) in [5, 5.41) is 20.0. The molecule has 4 heteroatoms. The molecule has 0 aliphatic heterocycles. The van der Waals surface area contributed by atoms with Gasteiger partial charge < -0.3 is 10.2 Å². The first kappa shape index (κ1) is 11.7. The Morgan fingerprint density at radius 2 is 1.65 bits per heavy atom. The minimum atomic E-state index is -0.951. The van der Waals surface area contributed by atoms with E-state index in [1.54, 1.807) is 24.3 Å². The van der Waals surface area contributed by atoms with Crippen LogP contribution in [-0.2, 0) is 0 Å². The minimum absolute atomic E-state index is 0.0732. The zero-order chi connectivity index (χ0) is 12.4. The molecule has 0 bridgehead atoms. The Balaban J connectivity index is 2.39. The summed E-state index contributed by atoms with van der Waals surface area (Å²) in [6.45, 7) is 0. The summed E-state index contributed by atoms with van der Waals surface area (Å²) in [5.41, 5.74) is 1.98. The number of aromatic carboxylic acids is 1. The lowest BCUT2D eigenvalue weighted by molar-refractivity contribution is -0.269. The number of rotatable bonds is 2. The van der Waals surface area contributed by atoms with E-state index in [-0.39, 0.29) is 11.3 Å². The lowest BCUT2D eigenvalue weighted by Crippen LogP contribution is -1.95. The van der Waals surface area contributed by atoms with Crippen molar-refractivity contribution in [2.24, 2.45) is 0 Å². The van der Waals surface area contributed by atoms with E-state index >= 15 is 0 Å². The van der Waals surface area contributed by atoms with E-state index in [2.05, 4.69) is 15.9 Å². The van der Waals surface area contributed by atoms with Crippen LogP contribution in [0.2, 0.25) is 0 Å². The van der Waals surface area contributed by atoms with Crippen molar-refractivity contribution in [2.45, 2.75) is 0 Å². The van der Waals surface area contributed by atoms with Crippen LogP contribution >= 0.6 is 15.9 Å². The molecule has 3 nitrogen and oxygen atoms in total. The van der Waals surface area contributed by atoms with Crippen molar-refractivity contribution in [3.8, 4) is 16.9 Å². The predicted octanol–water partition coefficient (Wildman–Crippen LogP) is 2.89. The third-order valence-electron chi connectivity index (χ3n) is 2.40. The summed E-state index contributed by atoms with van der Waals surface area (Å²) in [6, 6.07) is 11.4. The van der Waals surface area contributed by atoms with Crippen LogP contribution in [-0.4, -0.2) is 11.1 Å². The summed E-state index contributed by atoms with van der Waals surface area (Å²) in [4.78, 5) is 10.7. The van der Waals surface area contributed by atoms with E-state index in [0.717, 1.165) is 11.1 Å². The van der Waals surface area contributed by atoms with Gasteiger partial charge in [-0.15, -0.1) is 0 Å². The van der Waals surface area contributed by atoms with Crippen molar-refractivity contribution in [3.63, 3.8) is 0 Å². The Morgan fingerprint density at radius 3 is 2.18 bits per heavy atom. The van der Waals surface area contributed by atoms with Gasteiger partial charge >= 0.3 is 5.97 Å². The molecule has 1 N–H and O–H groups in total. The second-order valence-corrected chi connectivity index (χ2v) is 4.38. The molecule has 0 atom stereocenters. The fourth-order valence-corrected chi connectivity index (χ4v) is 1.86. The molecule has 0 aliphatic rings. The Morgan fingerprint density at radius 1 is 1.06 bits per heavy atom. The molecule has 0 amide bonds. The molecule has 0 unspecified atom stereocenters. The molecular weight excluding hydrogens is 284 g/mol. The molecule has 2 aromatic rings. The van der Waals surface area contributed by atoms with E-state index in [9.17, 15) is 9.90 Å². The van der Waals surface area contributed by atoms with Gasteiger partial charge in [0.25, 0.3) is 0 Å². The summed E-state index contributed by atoms with van der Waals surface area (Å²) >= 11 is 3.17. The topological polar surface area (TPSA) is 60.4 Å². The Labute approximate surface area is 106 Å². The zero-order valence-corrected chi connectivity index (χ0v) is 10.3. The van der Waals surface area contributed by atoms with Crippen LogP contribution in [0, 0.1) is 0 Å². The van der Waals surface area contributed by atoms with E-state index in [1.807, 2.05) is 0 Å². The zero-order valence-electron chi connectivity index (χ0n) is 8.68. The number of halogens is 1. The number of carbonyl (C=O) groups is 1. The van der Waals surface area contributed by atoms with Gasteiger partial charge in [-0.2, -0.15) is 0 Å². The third-order valence-corrected chi connectivity index (χ3v) is 3.02. The molecule has 17 heavy (non-hydrogen) atoms. The highest BCUT2D eigenvalue weighted by molar-refractivity contribution is 9.10. The van der Waals surface area contributed by atoms with Crippen LogP contribution in [0.25, 0.3) is 11.1 Å². The van der Waals surface area contributed by atoms with Crippen molar-refractivity contribution in [3.05, 3.63) is 52.5 Å². The maximum Gasteiger partial charge on any atom is 0.335 e. The number of hydrogen-bond donors (Lipinski definition) is 1. The molecule has 0 saturated carbocycles. The van der Waals surface area contributed by atoms with Gasteiger partial charge in [0.2, 0.25) is 0 Å². The first-order chi connectivity index (χ1) is 8.08. The number of benzene rings is 2. The van der Waals surface area contributed by atoms with Gasteiger partial charge in [-0.1, -0.05) is 45.9 Å². The van der Waals surface area contributed by atoms with Crippen molar-refractivity contribution >= 4 is 21.9 Å². The lowest BCUT2D eigenvalue weighted by Gasteiger charge is -2.10. The summed E-state index contributed by atoms with van der Waals surface area (Å²) in [5.74, 6) is -1.02. The number of carboxylic acids is 1. The van der Waals surface area contributed by atoms with Gasteiger partial charge in [0.05, 0.1) is 5.56 Å². The lowest BCUT2D eigenvalue weighted by atomic mass is 10.0. The molecule has 86 valence electrons. The number of carboxylic acid groups (broad SMARTS) is 1. The van der Waals surface area contributed by atoms with Crippen LogP contribution in [0.15, 0.2) is 46.9 Å². The Hall–Kier alpha value is -1.81. The minimum Gasteiger partial charge on any atom is -0.872 e. The molecule has 0 spiro atoms. The quantitative estimate of drug-likeness (QED) is 0.925. The third kappa shape index (κ3) is 2.47. The van der Waals surface area contributed by atoms with Crippen LogP contribution in [0.3, 0.4) is 0 Å². The summed E-state index contributed by atoms with van der Waals surface area (Å²) in [6.07, 6.45) is 0. The maximum atomic E-state index is 11.2. The first-order valence-electron chi connectivity index (χ1n) is 4.88. The van der Waals surface area contributed by atoms with E-state index in [1.165, 1.54) is 18.2 Å². The average Bonchev–Trinajstić information content (AvgIpc) is 2.33. The van der Waals surface area contributed by atoms with E-state index in [4.69, 9.17) is 5.11 Å². The SMILES string of the molecule is O=C(O)c1ccc(-c2ccc([O-])c(Br)c2)cc1. The van der Waals surface area contributed by atoms with Gasteiger partial charge in [0, 0.05) is 4.47 Å². The average molecular weight is 292 g/mol. The molecule has 2 rings (SSSR count). The molecule has 0 aromatic heterocycles. The maximum absolute atomic E-state index is 11.2. The van der Waals surface area contributed by atoms with Crippen molar-refractivity contribution in [1.29, 1.82) is 0 Å². The van der Waals surface area contributed by atoms with Gasteiger partial charge in [-0.05, 0) is 29.3 Å². The molecule has 0 aliphatic carbocycles. The van der Waals surface area contributed by atoms with Gasteiger partial charge in [0.1, 0.15) is 0 Å². The van der Waals surface area contributed by atoms with Gasteiger partial charge in [0.15, 0.2) is 0 Å². The monoisotopic (exact) mass is 291 g/mol. The molecule has 0 radical (unpaired) electrons. The standard InChI is InChI=1S/C13H9BrO3/c14-11-7-10(5-6-12(11)15)8-1-3-9(4-2-8)13(16)17/h1-7,15H,(H,16,17)/p-1. The molecule has 0 heterocycles. The van der Waals surface area contributed by atoms with Crippen molar-refractivity contribution in [1.82, 2.24) is 0 Å². The molecule has 0 saturated heterocycles. The smallest absolute Gasteiger partial charge is 0.335 e.